The van der Waals surface area contributed by atoms with Crippen LogP contribution in [0.25, 0.3) is 0 Å². The van der Waals surface area contributed by atoms with Crippen molar-refractivity contribution < 1.29 is 19.7 Å². The number of carbonyl (C=O) groups is 1. The van der Waals surface area contributed by atoms with Gasteiger partial charge in [0.25, 0.3) is 0 Å². The number of allylic oxidation sites excluding steroid dienone is 2. The van der Waals surface area contributed by atoms with Gasteiger partial charge in [0.2, 0.25) is 0 Å². The summed E-state index contributed by atoms with van der Waals surface area (Å²) >= 11 is 0. The summed E-state index contributed by atoms with van der Waals surface area (Å²) in [4.78, 5) is 11.4. The third-order valence-corrected chi connectivity index (χ3v) is 7.08. The SMILES string of the molecule is CCCCC(C)C(CC=C1CCC[C@@H]1CCCCCCC(=O)OCC)C(O)(O)CCC. The van der Waals surface area contributed by atoms with Gasteiger partial charge in [-0.2, -0.15) is 0 Å². The standard InChI is InChI=1S/C27H50O4/c1-5-8-14-22(4)25(27(29,30)21-6-2)20-19-24-17-13-16-23(24)15-11-9-10-12-18-26(28)31-7-3/h19,22-23,25,29-30H,5-18,20-21H2,1-4H3/t22?,23-,25?/m0/s1. The Morgan fingerprint density at radius 3 is 2.55 bits per heavy atom. The average molecular weight is 439 g/mol. The van der Waals surface area contributed by atoms with Crippen molar-refractivity contribution >= 4 is 5.97 Å². The smallest absolute Gasteiger partial charge is 0.305 e. The Balaban J connectivity index is 2.53. The monoisotopic (exact) mass is 438 g/mol. The largest absolute Gasteiger partial charge is 0.466 e. The van der Waals surface area contributed by atoms with Crippen molar-refractivity contribution in [2.24, 2.45) is 17.8 Å². The highest BCUT2D eigenvalue weighted by molar-refractivity contribution is 5.69. The number of aliphatic hydroxyl groups is 2. The molecule has 182 valence electrons. The Morgan fingerprint density at radius 1 is 1.13 bits per heavy atom. The molecule has 0 spiro atoms. The molecule has 31 heavy (non-hydrogen) atoms. The Labute approximate surface area is 191 Å². The molecular formula is C27H50O4. The molecule has 0 amide bonds. The minimum atomic E-state index is -1.56. The molecule has 2 N–H and O–H groups in total. The van der Waals surface area contributed by atoms with Crippen LogP contribution in [-0.2, 0) is 9.53 Å². The van der Waals surface area contributed by atoms with E-state index in [-0.39, 0.29) is 11.9 Å². The van der Waals surface area contributed by atoms with Gasteiger partial charge in [0.05, 0.1) is 6.61 Å². The molecule has 1 saturated carbocycles. The van der Waals surface area contributed by atoms with Crippen molar-refractivity contribution in [3.8, 4) is 0 Å². The van der Waals surface area contributed by atoms with E-state index < -0.39 is 5.79 Å². The molecule has 0 heterocycles. The van der Waals surface area contributed by atoms with Gasteiger partial charge < -0.3 is 14.9 Å². The molecule has 1 aliphatic carbocycles. The zero-order valence-electron chi connectivity index (χ0n) is 20.8. The maximum absolute atomic E-state index is 11.4. The summed E-state index contributed by atoms with van der Waals surface area (Å²) in [6.07, 6.45) is 17.6. The van der Waals surface area contributed by atoms with Gasteiger partial charge in [-0.15, -0.1) is 0 Å². The van der Waals surface area contributed by atoms with Gasteiger partial charge in [0.1, 0.15) is 0 Å². The third kappa shape index (κ3) is 11.0. The summed E-state index contributed by atoms with van der Waals surface area (Å²) < 4.78 is 4.99. The van der Waals surface area contributed by atoms with Gasteiger partial charge in [-0.3, -0.25) is 4.79 Å². The molecule has 0 aromatic carbocycles. The van der Waals surface area contributed by atoms with Crippen LogP contribution in [0.3, 0.4) is 0 Å². The topological polar surface area (TPSA) is 66.8 Å². The van der Waals surface area contributed by atoms with E-state index in [1.807, 2.05) is 13.8 Å². The summed E-state index contributed by atoms with van der Waals surface area (Å²) in [5.74, 6) is -0.743. The molecule has 0 aromatic rings. The quantitative estimate of drug-likeness (QED) is 0.112. The van der Waals surface area contributed by atoms with E-state index in [0.29, 0.717) is 31.3 Å². The first-order valence-electron chi connectivity index (χ1n) is 13.1. The zero-order chi connectivity index (χ0) is 23.1. The molecule has 1 aliphatic rings. The van der Waals surface area contributed by atoms with E-state index in [4.69, 9.17) is 4.74 Å². The highest BCUT2D eigenvalue weighted by Gasteiger charge is 2.36. The van der Waals surface area contributed by atoms with Crippen LogP contribution < -0.4 is 0 Å². The lowest BCUT2D eigenvalue weighted by Crippen LogP contribution is -2.41. The predicted molar refractivity (Wildman–Crippen MR) is 129 cm³/mol. The zero-order valence-corrected chi connectivity index (χ0v) is 20.8. The molecule has 0 aliphatic heterocycles. The first kappa shape index (κ1) is 28.2. The molecular weight excluding hydrogens is 388 g/mol. The number of ether oxygens (including phenoxy) is 1. The van der Waals surface area contributed by atoms with Gasteiger partial charge in [-0.1, -0.05) is 77.4 Å². The molecule has 0 bridgehead atoms. The average Bonchev–Trinajstić information content (AvgIpc) is 3.16. The number of esters is 1. The van der Waals surface area contributed by atoms with Crippen molar-refractivity contribution in [3.63, 3.8) is 0 Å². The number of carbonyl (C=O) groups excluding carboxylic acids is 1. The summed E-state index contributed by atoms with van der Waals surface area (Å²) in [5.41, 5.74) is 1.55. The lowest BCUT2D eigenvalue weighted by Gasteiger charge is -2.35. The summed E-state index contributed by atoms with van der Waals surface area (Å²) in [6.45, 7) is 8.73. The molecule has 0 saturated heterocycles. The Bertz CT molecular complexity index is 511. The molecule has 2 unspecified atom stereocenters. The fourth-order valence-corrected chi connectivity index (χ4v) is 5.22. The highest BCUT2D eigenvalue weighted by atomic mass is 16.5. The van der Waals surface area contributed by atoms with E-state index in [2.05, 4.69) is 19.9 Å². The van der Waals surface area contributed by atoms with Crippen LogP contribution in [0.5, 0.6) is 0 Å². The van der Waals surface area contributed by atoms with Gasteiger partial charge in [0.15, 0.2) is 5.79 Å². The van der Waals surface area contributed by atoms with Crippen LogP contribution >= 0.6 is 0 Å². The second-order valence-electron chi connectivity index (χ2n) is 9.72. The second kappa shape index (κ2) is 15.9. The fourth-order valence-electron chi connectivity index (χ4n) is 5.22. The van der Waals surface area contributed by atoms with E-state index >= 15 is 0 Å². The summed E-state index contributed by atoms with van der Waals surface area (Å²) in [6, 6.07) is 0. The molecule has 1 rings (SSSR count). The van der Waals surface area contributed by atoms with Crippen LogP contribution in [0.2, 0.25) is 0 Å². The van der Waals surface area contributed by atoms with Gasteiger partial charge in [0, 0.05) is 18.8 Å². The summed E-state index contributed by atoms with van der Waals surface area (Å²) in [7, 11) is 0. The molecule has 0 aromatic heterocycles. The molecule has 1 fully saturated rings. The Hall–Kier alpha value is -0.870. The first-order valence-corrected chi connectivity index (χ1v) is 13.1. The van der Waals surface area contributed by atoms with Crippen LogP contribution in [0, 0.1) is 17.8 Å². The van der Waals surface area contributed by atoms with E-state index in [1.165, 1.54) is 38.5 Å². The van der Waals surface area contributed by atoms with Crippen LogP contribution in [0.15, 0.2) is 11.6 Å². The number of hydrogen-bond donors (Lipinski definition) is 2. The fraction of sp³-hybridized carbons (Fsp3) is 0.889. The molecule has 0 radical (unpaired) electrons. The van der Waals surface area contributed by atoms with Gasteiger partial charge in [-0.25, -0.2) is 0 Å². The number of rotatable bonds is 17. The van der Waals surface area contributed by atoms with Crippen molar-refractivity contribution in [2.75, 3.05) is 6.61 Å². The molecule has 4 nitrogen and oxygen atoms in total. The maximum atomic E-state index is 11.4. The Kier molecular flexibility index (Phi) is 14.4. The summed E-state index contributed by atoms with van der Waals surface area (Å²) in [5, 5.41) is 21.5. The van der Waals surface area contributed by atoms with E-state index in [1.54, 1.807) is 5.57 Å². The van der Waals surface area contributed by atoms with Crippen molar-refractivity contribution in [1.82, 2.24) is 0 Å². The predicted octanol–water partition coefficient (Wildman–Crippen LogP) is 6.93. The minimum Gasteiger partial charge on any atom is -0.466 e. The second-order valence-corrected chi connectivity index (χ2v) is 9.72. The van der Waals surface area contributed by atoms with Crippen molar-refractivity contribution in [2.45, 2.75) is 130 Å². The van der Waals surface area contributed by atoms with Gasteiger partial charge >= 0.3 is 5.97 Å². The van der Waals surface area contributed by atoms with E-state index in [0.717, 1.165) is 44.9 Å². The van der Waals surface area contributed by atoms with E-state index in [9.17, 15) is 15.0 Å². The van der Waals surface area contributed by atoms with Crippen molar-refractivity contribution in [3.05, 3.63) is 11.6 Å². The normalized spacial score (nSPS) is 20.2. The maximum Gasteiger partial charge on any atom is 0.305 e. The van der Waals surface area contributed by atoms with Gasteiger partial charge in [-0.05, 0) is 57.3 Å². The lowest BCUT2D eigenvalue weighted by atomic mass is 9.78. The number of hydrogen-bond acceptors (Lipinski definition) is 4. The highest BCUT2D eigenvalue weighted by Crippen LogP contribution is 2.38. The van der Waals surface area contributed by atoms with Crippen LogP contribution in [-0.4, -0.2) is 28.6 Å². The van der Waals surface area contributed by atoms with Crippen LogP contribution in [0.1, 0.15) is 124 Å². The van der Waals surface area contributed by atoms with Crippen LogP contribution in [0.4, 0.5) is 0 Å². The Morgan fingerprint density at radius 2 is 1.87 bits per heavy atom. The molecule has 3 atom stereocenters. The first-order chi connectivity index (χ1) is 14.9. The lowest BCUT2D eigenvalue weighted by molar-refractivity contribution is -0.215. The van der Waals surface area contributed by atoms with Crippen molar-refractivity contribution in [1.29, 1.82) is 0 Å². The minimum absolute atomic E-state index is 0.0712. The number of unbranched alkanes of at least 4 members (excludes halogenated alkanes) is 4. The third-order valence-electron chi connectivity index (χ3n) is 7.08. The molecule has 4 heteroatoms.